The van der Waals surface area contributed by atoms with Crippen molar-refractivity contribution in [3.05, 3.63) is 130 Å². The Morgan fingerprint density at radius 2 is 1.55 bits per heavy atom. The fourth-order valence-electron chi connectivity index (χ4n) is 7.10. The van der Waals surface area contributed by atoms with Crippen molar-refractivity contribution in [2.45, 2.75) is 32.1 Å². The second kappa shape index (κ2) is 8.09. The van der Waals surface area contributed by atoms with E-state index in [1.807, 2.05) is 81.6 Å². The second-order valence-corrected chi connectivity index (χ2v) is 11.0. The molecule has 1 heterocycles. The molecule has 4 nitrogen and oxygen atoms in total. The molecule has 0 spiro atoms. The van der Waals surface area contributed by atoms with E-state index in [1.165, 1.54) is 4.90 Å². The molecule has 1 saturated heterocycles. The van der Waals surface area contributed by atoms with Crippen LogP contribution in [0.5, 0.6) is 0 Å². The minimum Gasteiger partial charge on any atom is -0.274 e. The van der Waals surface area contributed by atoms with Crippen LogP contribution in [0.3, 0.4) is 0 Å². The van der Waals surface area contributed by atoms with Gasteiger partial charge in [-0.25, -0.2) is 4.90 Å². The van der Waals surface area contributed by atoms with Crippen LogP contribution in [0.1, 0.15) is 44.9 Å². The Hall–Kier alpha value is -4.31. The number of carbonyl (C=O) groups excluding carboxylic acids is 2. The quantitative estimate of drug-likeness (QED) is 0.238. The van der Waals surface area contributed by atoms with Crippen molar-refractivity contribution < 1.29 is 9.59 Å². The molecule has 2 amide bonds. The predicted octanol–water partition coefficient (Wildman–Crippen LogP) is 6.57. The molecule has 4 atom stereocenters. The van der Waals surface area contributed by atoms with Crippen LogP contribution in [0.2, 0.25) is 0 Å². The van der Waals surface area contributed by atoms with Crippen LogP contribution < -0.4 is 4.90 Å². The van der Waals surface area contributed by atoms with Crippen LogP contribution in [0, 0.1) is 32.6 Å². The van der Waals surface area contributed by atoms with Crippen molar-refractivity contribution in [1.29, 1.82) is 0 Å². The lowest BCUT2D eigenvalue weighted by molar-refractivity contribution is -0.122. The van der Waals surface area contributed by atoms with Crippen LogP contribution in [-0.2, 0) is 15.0 Å². The Morgan fingerprint density at radius 3 is 2.32 bits per heavy atom. The topological polar surface area (TPSA) is 49.7 Å². The molecular weight excluding hydrogens is 468 g/mol. The standard InChI is InChI=1S/C34H28N2O2/c1-20-7-6-8-25(18-20)35-19-34-24-14-12-23(13-15-24)29(26-9-4-5-10-27(26)34)30-31(34)33(38)36(32(30)37)28-16-11-21(2)17-22(28)3/h4-19,29-31H,1-3H3/t29-,30-,31-,34+/m0/s1. The summed E-state index contributed by atoms with van der Waals surface area (Å²) in [6.07, 6.45) is 1.95. The molecule has 0 N–H and O–H groups in total. The van der Waals surface area contributed by atoms with E-state index in [9.17, 15) is 9.59 Å². The molecule has 0 radical (unpaired) electrons. The highest BCUT2D eigenvalue weighted by Gasteiger charge is 2.65. The third-order valence-electron chi connectivity index (χ3n) is 8.70. The Labute approximate surface area is 222 Å². The summed E-state index contributed by atoms with van der Waals surface area (Å²) in [5.41, 5.74) is 8.00. The molecule has 0 saturated carbocycles. The van der Waals surface area contributed by atoms with Gasteiger partial charge in [-0.3, -0.25) is 14.6 Å². The van der Waals surface area contributed by atoms with Gasteiger partial charge in [-0.2, -0.15) is 0 Å². The monoisotopic (exact) mass is 496 g/mol. The van der Waals surface area contributed by atoms with Gasteiger partial charge in [0.05, 0.1) is 28.6 Å². The number of imide groups is 1. The number of nitrogens with zero attached hydrogens (tertiary/aromatic N) is 2. The summed E-state index contributed by atoms with van der Waals surface area (Å²) >= 11 is 0. The molecule has 38 heavy (non-hydrogen) atoms. The molecule has 186 valence electrons. The summed E-state index contributed by atoms with van der Waals surface area (Å²) in [4.78, 5) is 35.4. The Kier molecular flexibility index (Phi) is 4.87. The van der Waals surface area contributed by atoms with Gasteiger partial charge in [-0.05, 0) is 72.4 Å². The highest BCUT2D eigenvalue weighted by Crippen LogP contribution is 2.60. The molecule has 4 bridgehead atoms. The molecule has 1 aliphatic heterocycles. The van der Waals surface area contributed by atoms with Crippen molar-refractivity contribution >= 4 is 29.4 Å². The van der Waals surface area contributed by atoms with Gasteiger partial charge in [0.1, 0.15) is 0 Å². The van der Waals surface area contributed by atoms with E-state index in [0.717, 1.165) is 44.6 Å². The summed E-state index contributed by atoms with van der Waals surface area (Å²) < 4.78 is 0. The number of anilines is 1. The van der Waals surface area contributed by atoms with E-state index in [0.29, 0.717) is 5.69 Å². The van der Waals surface area contributed by atoms with Crippen molar-refractivity contribution in [2.24, 2.45) is 16.8 Å². The first kappa shape index (κ1) is 22.9. The number of aliphatic imine (C=N–C) groups is 1. The van der Waals surface area contributed by atoms with Gasteiger partial charge in [0, 0.05) is 12.1 Å². The third kappa shape index (κ3) is 3.00. The molecule has 4 aromatic rings. The molecule has 0 aromatic heterocycles. The Morgan fingerprint density at radius 1 is 0.789 bits per heavy atom. The van der Waals surface area contributed by atoms with Gasteiger partial charge in [-0.15, -0.1) is 0 Å². The highest BCUT2D eigenvalue weighted by molar-refractivity contribution is 6.25. The van der Waals surface area contributed by atoms with Gasteiger partial charge >= 0.3 is 0 Å². The number of amides is 2. The molecular formula is C34H28N2O2. The molecule has 4 heteroatoms. The Bertz CT molecular complexity index is 1670. The average molecular weight is 497 g/mol. The first-order chi connectivity index (χ1) is 18.4. The third-order valence-corrected chi connectivity index (χ3v) is 8.70. The number of carbonyl (C=O) groups is 2. The van der Waals surface area contributed by atoms with Gasteiger partial charge in [-0.1, -0.05) is 78.4 Å². The lowest BCUT2D eigenvalue weighted by atomic mass is 9.52. The summed E-state index contributed by atoms with van der Waals surface area (Å²) in [6, 6.07) is 30.8. The SMILES string of the molecule is Cc1cccc(N=C[C@@]23c4ccc(cc4)[C@@H](c4ccccc42)[C@@H]2C(=O)N(c4ccc(C)cc4C)C(=O)[C@H]23)c1. The first-order valence-corrected chi connectivity index (χ1v) is 13.2. The molecule has 10 rings (SSSR count). The van der Waals surface area contributed by atoms with Gasteiger partial charge in [0.15, 0.2) is 0 Å². The van der Waals surface area contributed by atoms with E-state index in [1.54, 1.807) is 0 Å². The van der Waals surface area contributed by atoms with E-state index in [4.69, 9.17) is 4.99 Å². The number of benzene rings is 4. The van der Waals surface area contributed by atoms with E-state index in [-0.39, 0.29) is 17.7 Å². The summed E-state index contributed by atoms with van der Waals surface area (Å²) in [6.45, 7) is 6.04. The minimum absolute atomic E-state index is 0.123. The first-order valence-electron chi connectivity index (χ1n) is 13.2. The van der Waals surface area contributed by atoms with Crippen molar-refractivity contribution in [2.75, 3.05) is 4.90 Å². The maximum Gasteiger partial charge on any atom is 0.239 e. The van der Waals surface area contributed by atoms with Crippen molar-refractivity contribution in [3.8, 4) is 0 Å². The Balaban J connectivity index is 1.52. The molecule has 0 unspecified atom stereocenters. The fourth-order valence-corrected chi connectivity index (χ4v) is 7.10. The van der Waals surface area contributed by atoms with Crippen molar-refractivity contribution in [3.63, 3.8) is 0 Å². The highest BCUT2D eigenvalue weighted by atomic mass is 16.2. The number of aryl methyl sites for hydroxylation is 3. The lowest BCUT2D eigenvalue weighted by Crippen LogP contribution is -2.51. The van der Waals surface area contributed by atoms with Crippen LogP contribution in [0.15, 0.2) is 96.0 Å². The molecule has 5 aliphatic carbocycles. The maximum absolute atomic E-state index is 14.6. The van der Waals surface area contributed by atoms with Crippen LogP contribution in [0.25, 0.3) is 0 Å². The zero-order valence-corrected chi connectivity index (χ0v) is 21.7. The average Bonchev–Trinajstić information content (AvgIpc) is 3.15. The van der Waals surface area contributed by atoms with E-state index < -0.39 is 17.3 Å². The maximum atomic E-state index is 14.6. The second-order valence-electron chi connectivity index (χ2n) is 11.0. The predicted molar refractivity (Wildman–Crippen MR) is 150 cm³/mol. The normalized spacial score (nSPS) is 25.0. The number of hydrogen-bond donors (Lipinski definition) is 0. The van der Waals surface area contributed by atoms with Gasteiger partial charge in [0.25, 0.3) is 0 Å². The summed E-state index contributed by atoms with van der Waals surface area (Å²) in [5, 5.41) is 0. The number of hydrogen-bond acceptors (Lipinski definition) is 3. The molecule has 1 fully saturated rings. The minimum atomic E-state index is -0.874. The summed E-state index contributed by atoms with van der Waals surface area (Å²) in [7, 11) is 0. The van der Waals surface area contributed by atoms with Crippen LogP contribution in [0.4, 0.5) is 11.4 Å². The lowest BCUT2D eigenvalue weighted by Gasteiger charge is -2.48. The van der Waals surface area contributed by atoms with Crippen LogP contribution >= 0.6 is 0 Å². The molecule has 6 aliphatic rings. The van der Waals surface area contributed by atoms with Gasteiger partial charge in [0.2, 0.25) is 11.8 Å². The van der Waals surface area contributed by atoms with E-state index in [2.05, 4.69) is 36.4 Å². The van der Waals surface area contributed by atoms with Gasteiger partial charge < -0.3 is 0 Å². The largest absolute Gasteiger partial charge is 0.274 e. The number of rotatable bonds is 3. The summed E-state index contributed by atoms with van der Waals surface area (Å²) in [5.74, 6) is -1.57. The zero-order chi connectivity index (χ0) is 26.2. The molecule has 4 aromatic carbocycles. The van der Waals surface area contributed by atoms with Crippen LogP contribution in [-0.4, -0.2) is 18.0 Å². The van der Waals surface area contributed by atoms with E-state index >= 15 is 0 Å². The smallest absolute Gasteiger partial charge is 0.239 e. The fraction of sp³-hybridized carbons (Fsp3) is 0.206. The zero-order valence-electron chi connectivity index (χ0n) is 21.7. The van der Waals surface area contributed by atoms with Crippen molar-refractivity contribution in [1.82, 2.24) is 0 Å².